The zero-order valence-corrected chi connectivity index (χ0v) is 13.3. The van der Waals surface area contributed by atoms with E-state index in [2.05, 4.69) is 21.5 Å². The van der Waals surface area contributed by atoms with Gasteiger partial charge in [-0.2, -0.15) is 4.98 Å². The van der Waals surface area contributed by atoms with Crippen molar-refractivity contribution in [2.45, 2.75) is 20.8 Å². The van der Waals surface area contributed by atoms with Crippen molar-refractivity contribution in [1.82, 2.24) is 10.1 Å². The lowest BCUT2D eigenvalue weighted by Gasteiger charge is -2.08. The van der Waals surface area contributed by atoms with Crippen LogP contribution in [0.15, 0.2) is 47.0 Å². The van der Waals surface area contributed by atoms with Gasteiger partial charge in [0, 0.05) is 16.8 Å². The van der Waals surface area contributed by atoms with Gasteiger partial charge in [-0.25, -0.2) is 0 Å². The molecule has 0 saturated heterocycles. The minimum Gasteiger partial charge on any atom is -0.334 e. The first-order chi connectivity index (χ1) is 11.0. The summed E-state index contributed by atoms with van der Waals surface area (Å²) in [6, 6.07) is 13.0. The van der Waals surface area contributed by atoms with Gasteiger partial charge in [0.15, 0.2) is 5.82 Å². The number of aromatic nitrogens is 2. The van der Waals surface area contributed by atoms with Crippen LogP contribution in [-0.2, 0) is 0 Å². The van der Waals surface area contributed by atoms with E-state index >= 15 is 0 Å². The number of rotatable bonds is 3. The molecule has 116 valence electrons. The Hall–Kier alpha value is -2.95. The van der Waals surface area contributed by atoms with Gasteiger partial charge < -0.3 is 9.84 Å². The molecule has 0 unspecified atom stereocenters. The summed E-state index contributed by atoms with van der Waals surface area (Å²) in [6.07, 6.45) is 0. The average Bonchev–Trinajstić information content (AvgIpc) is 2.93. The van der Waals surface area contributed by atoms with Crippen LogP contribution < -0.4 is 5.32 Å². The fourth-order valence-electron chi connectivity index (χ4n) is 2.43. The van der Waals surface area contributed by atoms with E-state index in [1.807, 2.05) is 26.0 Å². The second-order valence-electron chi connectivity index (χ2n) is 5.55. The van der Waals surface area contributed by atoms with Crippen LogP contribution in [0.5, 0.6) is 0 Å². The molecule has 3 rings (SSSR count). The quantitative estimate of drug-likeness (QED) is 0.796. The fourth-order valence-corrected chi connectivity index (χ4v) is 2.43. The van der Waals surface area contributed by atoms with Crippen LogP contribution in [0.1, 0.15) is 27.3 Å². The van der Waals surface area contributed by atoms with Crippen molar-refractivity contribution in [2.24, 2.45) is 0 Å². The molecule has 1 N–H and O–H groups in total. The summed E-state index contributed by atoms with van der Waals surface area (Å²) >= 11 is 0. The summed E-state index contributed by atoms with van der Waals surface area (Å²) in [7, 11) is 0. The van der Waals surface area contributed by atoms with Crippen molar-refractivity contribution in [3.05, 3.63) is 65.0 Å². The standard InChI is InChI=1S/C18H17N3O2/c1-11-8-12(2)10-16(9-11)20-17(22)14-4-6-15(7-5-14)18-19-13(3)21-23-18/h4-10H,1-3H3,(H,20,22). The Kier molecular flexibility index (Phi) is 3.93. The lowest BCUT2D eigenvalue weighted by Crippen LogP contribution is -2.12. The minimum absolute atomic E-state index is 0.150. The van der Waals surface area contributed by atoms with Crippen molar-refractivity contribution >= 4 is 11.6 Å². The Labute approximate surface area is 134 Å². The third-order valence-electron chi connectivity index (χ3n) is 3.40. The summed E-state index contributed by atoms with van der Waals surface area (Å²) in [5.41, 5.74) is 4.38. The van der Waals surface area contributed by atoms with Crippen LogP contribution in [-0.4, -0.2) is 16.0 Å². The van der Waals surface area contributed by atoms with Crippen LogP contribution in [0.4, 0.5) is 5.69 Å². The number of hydrogen-bond acceptors (Lipinski definition) is 4. The number of anilines is 1. The van der Waals surface area contributed by atoms with E-state index in [1.165, 1.54) is 0 Å². The second-order valence-corrected chi connectivity index (χ2v) is 5.55. The number of nitrogens with one attached hydrogen (secondary N) is 1. The molecule has 1 amide bonds. The number of nitrogens with zero attached hydrogens (tertiary/aromatic N) is 2. The molecule has 5 nitrogen and oxygen atoms in total. The number of carbonyl (C=O) groups is 1. The highest BCUT2D eigenvalue weighted by atomic mass is 16.5. The predicted octanol–water partition coefficient (Wildman–Crippen LogP) is 3.91. The molecule has 0 bridgehead atoms. The SMILES string of the molecule is Cc1cc(C)cc(NC(=O)c2ccc(-c3nc(C)no3)cc2)c1. The Morgan fingerprint density at radius 1 is 1.00 bits per heavy atom. The van der Waals surface area contributed by atoms with E-state index in [4.69, 9.17) is 4.52 Å². The van der Waals surface area contributed by atoms with Crippen LogP contribution in [0, 0.1) is 20.8 Å². The second kappa shape index (κ2) is 6.04. The normalized spacial score (nSPS) is 10.6. The molecule has 0 aliphatic rings. The smallest absolute Gasteiger partial charge is 0.257 e. The van der Waals surface area contributed by atoms with Gasteiger partial charge in [0.2, 0.25) is 0 Å². The number of aryl methyl sites for hydroxylation is 3. The molecule has 2 aromatic carbocycles. The largest absolute Gasteiger partial charge is 0.334 e. The molecule has 0 radical (unpaired) electrons. The summed E-state index contributed by atoms with van der Waals surface area (Å²) < 4.78 is 5.11. The summed E-state index contributed by atoms with van der Waals surface area (Å²) in [5.74, 6) is 0.878. The number of hydrogen-bond donors (Lipinski definition) is 1. The zero-order valence-electron chi connectivity index (χ0n) is 13.3. The highest BCUT2D eigenvalue weighted by Crippen LogP contribution is 2.19. The number of benzene rings is 2. The van der Waals surface area contributed by atoms with Gasteiger partial charge in [-0.15, -0.1) is 0 Å². The zero-order chi connectivity index (χ0) is 16.4. The first kappa shape index (κ1) is 15.0. The summed E-state index contributed by atoms with van der Waals surface area (Å²) in [4.78, 5) is 16.5. The molecule has 3 aromatic rings. The van der Waals surface area contributed by atoms with Gasteiger partial charge in [0.25, 0.3) is 11.8 Å². The molecular weight excluding hydrogens is 290 g/mol. The Morgan fingerprint density at radius 3 is 2.22 bits per heavy atom. The molecule has 23 heavy (non-hydrogen) atoms. The average molecular weight is 307 g/mol. The number of amides is 1. The Morgan fingerprint density at radius 2 is 1.65 bits per heavy atom. The van der Waals surface area contributed by atoms with Gasteiger partial charge in [-0.1, -0.05) is 11.2 Å². The van der Waals surface area contributed by atoms with Crippen LogP contribution in [0.3, 0.4) is 0 Å². The third-order valence-corrected chi connectivity index (χ3v) is 3.40. The van der Waals surface area contributed by atoms with Crippen molar-refractivity contribution in [1.29, 1.82) is 0 Å². The van der Waals surface area contributed by atoms with Crippen molar-refractivity contribution in [3.63, 3.8) is 0 Å². The van der Waals surface area contributed by atoms with E-state index in [-0.39, 0.29) is 5.91 Å². The minimum atomic E-state index is -0.150. The van der Waals surface area contributed by atoms with E-state index in [9.17, 15) is 4.79 Å². The molecular formula is C18H17N3O2. The molecule has 0 aliphatic carbocycles. The van der Waals surface area contributed by atoms with Crippen molar-refractivity contribution in [2.75, 3.05) is 5.32 Å². The molecule has 0 spiro atoms. The third kappa shape index (κ3) is 3.45. The molecule has 0 saturated carbocycles. The van der Waals surface area contributed by atoms with Crippen LogP contribution >= 0.6 is 0 Å². The summed E-state index contributed by atoms with van der Waals surface area (Å²) in [5, 5.41) is 6.67. The van der Waals surface area contributed by atoms with Crippen LogP contribution in [0.25, 0.3) is 11.5 Å². The Balaban J connectivity index is 1.77. The maximum Gasteiger partial charge on any atom is 0.257 e. The fraction of sp³-hybridized carbons (Fsp3) is 0.167. The highest BCUT2D eigenvalue weighted by Gasteiger charge is 2.10. The van der Waals surface area contributed by atoms with Gasteiger partial charge in [-0.05, 0) is 68.3 Å². The molecule has 1 aromatic heterocycles. The molecule has 0 fully saturated rings. The maximum atomic E-state index is 12.3. The first-order valence-corrected chi connectivity index (χ1v) is 7.32. The lowest BCUT2D eigenvalue weighted by molar-refractivity contribution is 0.102. The van der Waals surface area contributed by atoms with E-state index in [0.29, 0.717) is 17.3 Å². The molecule has 0 atom stereocenters. The van der Waals surface area contributed by atoms with E-state index < -0.39 is 0 Å². The Bertz CT molecular complexity index is 831. The van der Waals surface area contributed by atoms with Gasteiger partial charge in [0.05, 0.1) is 0 Å². The van der Waals surface area contributed by atoms with Gasteiger partial charge in [0.1, 0.15) is 0 Å². The highest BCUT2D eigenvalue weighted by molar-refractivity contribution is 6.04. The van der Waals surface area contributed by atoms with Gasteiger partial charge >= 0.3 is 0 Å². The van der Waals surface area contributed by atoms with E-state index in [0.717, 1.165) is 22.4 Å². The monoisotopic (exact) mass is 307 g/mol. The first-order valence-electron chi connectivity index (χ1n) is 7.32. The molecule has 0 aliphatic heterocycles. The number of carbonyl (C=O) groups excluding carboxylic acids is 1. The lowest BCUT2D eigenvalue weighted by atomic mass is 10.1. The summed E-state index contributed by atoms with van der Waals surface area (Å²) in [6.45, 7) is 5.77. The van der Waals surface area contributed by atoms with Crippen molar-refractivity contribution < 1.29 is 9.32 Å². The van der Waals surface area contributed by atoms with Crippen LogP contribution in [0.2, 0.25) is 0 Å². The van der Waals surface area contributed by atoms with Gasteiger partial charge in [-0.3, -0.25) is 4.79 Å². The predicted molar refractivity (Wildman–Crippen MR) is 88.3 cm³/mol. The van der Waals surface area contributed by atoms with Crippen molar-refractivity contribution in [3.8, 4) is 11.5 Å². The topological polar surface area (TPSA) is 68.0 Å². The molecule has 5 heteroatoms. The molecule has 1 heterocycles. The maximum absolute atomic E-state index is 12.3. The van der Waals surface area contributed by atoms with E-state index in [1.54, 1.807) is 31.2 Å².